The number of carbonyl (C=O) groups excluding carboxylic acids is 1. The molecule has 4 heteroatoms. The van der Waals surface area contributed by atoms with E-state index in [9.17, 15) is 4.79 Å². The van der Waals surface area contributed by atoms with Crippen molar-refractivity contribution in [3.63, 3.8) is 0 Å². The molecule has 1 heterocycles. The Balaban J connectivity index is 2.22. The van der Waals surface area contributed by atoms with Gasteiger partial charge in [-0.2, -0.15) is 0 Å². The van der Waals surface area contributed by atoms with Gasteiger partial charge in [0.25, 0.3) is 5.91 Å². The molecule has 1 aromatic carbocycles. The molecule has 1 fully saturated rings. The molecule has 3 nitrogen and oxygen atoms in total. The SMILES string of the molecule is CC1CN(C(=O)c2ccccc2Br)C(C)CN1. The number of rotatable bonds is 1. The Morgan fingerprint density at radius 1 is 1.41 bits per heavy atom. The zero-order valence-electron chi connectivity index (χ0n) is 10.1. The molecule has 1 aliphatic rings. The summed E-state index contributed by atoms with van der Waals surface area (Å²) in [5.74, 6) is 0.110. The molecule has 1 N–H and O–H groups in total. The number of hydrogen-bond acceptors (Lipinski definition) is 2. The van der Waals surface area contributed by atoms with E-state index in [-0.39, 0.29) is 11.9 Å². The zero-order valence-corrected chi connectivity index (χ0v) is 11.7. The molecule has 0 saturated carbocycles. The maximum atomic E-state index is 12.4. The van der Waals surface area contributed by atoms with Crippen molar-refractivity contribution in [2.24, 2.45) is 0 Å². The summed E-state index contributed by atoms with van der Waals surface area (Å²) in [6, 6.07) is 8.19. The largest absolute Gasteiger partial charge is 0.333 e. The van der Waals surface area contributed by atoms with Crippen LogP contribution in [0.1, 0.15) is 24.2 Å². The van der Waals surface area contributed by atoms with Gasteiger partial charge in [-0.25, -0.2) is 0 Å². The van der Waals surface area contributed by atoms with E-state index in [4.69, 9.17) is 0 Å². The van der Waals surface area contributed by atoms with Crippen molar-refractivity contribution in [3.8, 4) is 0 Å². The fourth-order valence-electron chi connectivity index (χ4n) is 2.09. The third kappa shape index (κ3) is 2.69. The molecule has 0 radical (unpaired) electrons. The lowest BCUT2D eigenvalue weighted by Gasteiger charge is -2.37. The summed E-state index contributed by atoms with van der Waals surface area (Å²) in [5, 5.41) is 3.38. The van der Waals surface area contributed by atoms with Gasteiger partial charge in [-0.05, 0) is 41.9 Å². The van der Waals surface area contributed by atoms with Crippen molar-refractivity contribution in [2.45, 2.75) is 25.9 Å². The number of halogens is 1. The molecule has 2 unspecified atom stereocenters. The van der Waals surface area contributed by atoms with Crippen LogP contribution in [0, 0.1) is 0 Å². The predicted molar refractivity (Wildman–Crippen MR) is 72.1 cm³/mol. The highest BCUT2D eigenvalue weighted by molar-refractivity contribution is 9.10. The van der Waals surface area contributed by atoms with Crippen LogP contribution < -0.4 is 5.32 Å². The lowest BCUT2D eigenvalue weighted by atomic mass is 10.1. The number of carbonyl (C=O) groups is 1. The quantitative estimate of drug-likeness (QED) is 0.862. The van der Waals surface area contributed by atoms with Gasteiger partial charge >= 0.3 is 0 Å². The van der Waals surface area contributed by atoms with Gasteiger partial charge in [-0.15, -0.1) is 0 Å². The van der Waals surface area contributed by atoms with Gasteiger partial charge in [0.15, 0.2) is 0 Å². The van der Waals surface area contributed by atoms with Crippen LogP contribution in [0.2, 0.25) is 0 Å². The highest BCUT2D eigenvalue weighted by Crippen LogP contribution is 2.20. The van der Waals surface area contributed by atoms with Gasteiger partial charge in [-0.1, -0.05) is 12.1 Å². The standard InChI is InChI=1S/C13H17BrN2O/c1-9-8-16(10(2)7-15-9)13(17)11-5-3-4-6-12(11)14/h3-6,9-10,15H,7-8H2,1-2H3. The van der Waals surface area contributed by atoms with E-state index in [0.717, 1.165) is 23.1 Å². The minimum absolute atomic E-state index is 0.110. The number of benzene rings is 1. The van der Waals surface area contributed by atoms with Crippen LogP contribution >= 0.6 is 15.9 Å². The summed E-state index contributed by atoms with van der Waals surface area (Å²) >= 11 is 3.44. The molecule has 1 amide bonds. The second-order valence-corrected chi connectivity index (χ2v) is 5.45. The summed E-state index contributed by atoms with van der Waals surface area (Å²) in [5.41, 5.74) is 0.744. The van der Waals surface area contributed by atoms with Gasteiger partial charge in [-0.3, -0.25) is 4.79 Å². The first-order valence-corrected chi connectivity index (χ1v) is 6.67. The van der Waals surface area contributed by atoms with Crippen molar-refractivity contribution < 1.29 is 4.79 Å². The van der Waals surface area contributed by atoms with Crippen LogP contribution in [-0.4, -0.2) is 36.0 Å². The van der Waals surface area contributed by atoms with E-state index in [1.54, 1.807) is 0 Å². The van der Waals surface area contributed by atoms with Crippen molar-refractivity contribution in [2.75, 3.05) is 13.1 Å². The first-order chi connectivity index (χ1) is 8.09. The summed E-state index contributed by atoms with van der Waals surface area (Å²) < 4.78 is 0.864. The van der Waals surface area contributed by atoms with Crippen LogP contribution in [-0.2, 0) is 0 Å². The predicted octanol–water partition coefficient (Wildman–Crippen LogP) is 2.27. The van der Waals surface area contributed by atoms with Crippen LogP contribution in [0.4, 0.5) is 0 Å². The van der Waals surface area contributed by atoms with Gasteiger partial charge in [0.1, 0.15) is 0 Å². The Hall–Kier alpha value is -0.870. The molecule has 0 aromatic heterocycles. The van der Waals surface area contributed by atoms with Gasteiger partial charge in [0, 0.05) is 29.6 Å². The van der Waals surface area contributed by atoms with Gasteiger partial charge in [0.2, 0.25) is 0 Å². The molecule has 92 valence electrons. The third-order valence-electron chi connectivity index (χ3n) is 3.13. The first-order valence-electron chi connectivity index (χ1n) is 5.88. The average Bonchev–Trinajstić information content (AvgIpc) is 2.32. The summed E-state index contributed by atoms with van der Waals surface area (Å²) in [6.07, 6.45) is 0. The first kappa shape index (κ1) is 12.6. The minimum Gasteiger partial charge on any atom is -0.333 e. The lowest BCUT2D eigenvalue weighted by Crippen LogP contribution is -2.56. The van der Waals surface area contributed by atoms with Crippen LogP contribution in [0.5, 0.6) is 0 Å². The maximum Gasteiger partial charge on any atom is 0.255 e. The van der Waals surface area contributed by atoms with Crippen molar-refractivity contribution in [1.82, 2.24) is 10.2 Å². The second-order valence-electron chi connectivity index (χ2n) is 4.60. The second kappa shape index (κ2) is 5.19. The summed E-state index contributed by atoms with van der Waals surface area (Å²) in [7, 11) is 0. The Morgan fingerprint density at radius 3 is 2.82 bits per heavy atom. The third-order valence-corrected chi connectivity index (χ3v) is 3.82. The number of nitrogens with one attached hydrogen (secondary N) is 1. The van der Waals surface area contributed by atoms with Gasteiger partial charge in [0.05, 0.1) is 5.56 Å². The zero-order chi connectivity index (χ0) is 12.4. The van der Waals surface area contributed by atoms with Crippen LogP contribution in [0.15, 0.2) is 28.7 Å². The summed E-state index contributed by atoms with van der Waals surface area (Å²) in [4.78, 5) is 14.4. The van der Waals surface area contributed by atoms with E-state index in [1.807, 2.05) is 29.2 Å². The Kier molecular flexibility index (Phi) is 3.84. The van der Waals surface area contributed by atoms with E-state index in [2.05, 4.69) is 35.1 Å². The minimum atomic E-state index is 0.110. The molecule has 0 bridgehead atoms. The van der Waals surface area contributed by atoms with Crippen LogP contribution in [0.3, 0.4) is 0 Å². The Labute approximate surface area is 110 Å². The van der Waals surface area contributed by atoms with Gasteiger partial charge < -0.3 is 10.2 Å². The fourth-order valence-corrected chi connectivity index (χ4v) is 2.55. The van der Waals surface area contributed by atoms with E-state index < -0.39 is 0 Å². The van der Waals surface area contributed by atoms with E-state index in [0.29, 0.717) is 6.04 Å². The Bertz CT molecular complexity index is 422. The fraction of sp³-hybridized carbons (Fsp3) is 0.462. The van der Waals surface area contributed by atoms with E-state index in [1.165, 1.54) is 0 Å². The smallest absolute Gasteiger partial charge is 0.255 e. The maximum absolute atomic E-state index is 12.4. The number of hydrogen-bond donors (Lipinski definition) is 1. The van der Waals surface area contributed by atoms with E-state index >= 15 is 0 Å². The average molecular weight is 297 g/mol. The molecule has 1 aromatic rings. The van der Waals surface area contributed by atoms with Crippen molar-refractivity contribution in [3.05, 3.63) is 34.3 Å². The molecule has 2 rings (SSSR count). The molecule has 0 aliphatic carbocycles. The normalized spacial score (nSPS) is 24.8. The number of nitrogens with zero attached hydrogens (tertiary/aromatic N) is 1. The molecular weight excluding hydrogens is 280 g/mol. The monoisotopic (exact) mass is 296 g/mol. The van der Waals surface area contributed by atoms with Crippen LogP contribution in [0.25, 0.3) is 0 Å². The molecule has 17 heavy (non-hydrogen) atoms. The highest BCUT2D eigenvalue weighted by atomic mass is 79.9. The topological polar surface area (TPSA) is 32.3 Å². The lowest BCUT2D eigenvalue weighted by molar-refractivity contribution is 0.0615. The van der Waals surface area contributed by atoms with Crippen molar-refractivity contribution in [1.29, 1.82) is 0 Å². The molecule has 1 saturated heterocycles. The molecule has 2 atom stereocenters. The molecule has 0 spiro atoms. The van der Waals surface area contributed by atoms with Crippen molar-refractivity contribution >= 4 is 21.8 Å². The highest BCUT2D eigenvalue weighted by Gasteiger charge is 2.27. The Morgan fingerprint density at radius 2 is 2.12 bits per heavy atom. The number of piperazine rings is 1. The molecule has 1 aliphatic heterocycles. The summed E-state index contributed by atoms with van der Waals surface area (Å²) in [6.45, 7) is 5.80. The number of amides is 1. The molecular formula is C13H17BrN2O.